The van der Waals surface area contributed by atoms with Gasteiger partial charge >= 0.3 is 0 Å². The van der Waals surface area contributed by atoms with Gasteiger partial charge in [0.2, 0.25) is 5.91 Å². The van der Waals surface area contributed by atoms with Crippen molar-refractivity contribution in [2.24, 2.45) is 0 Å². The van der Waals surface area contributed by atoms with Gasteiger partial charge in [0.05, 0.1) is 0 Å². The van der Waals surface area contributed by atoms with Crippen LogP contribution in [0, 0.1) is 0 Å². The molecule has 15 heavy (non-hydrogen) atoms. The fourth-order valence-corrected chi connectivity index (χ4v) is 1.23. The van der Waals surface area contributed by atoms with Crippen molar-refractivity contribution < 1.29 is 4.79 Å². The van der Waals surface area contributed by atoms with E-state index < -0.39 is 0 Å². The van der Waals surface area contributed by atoms with Gasteiger partial charge in [-0.25, -0.2) is 0 Å². The fourth-order valence-electron chi connectivity index (χ4n) is 1.23. The van der Waals surface area contributed by atoms with Gasteiger partial charge in [0, 0.05) is 24.0 Å². The number of anilines is 1. The van der Waals surface area contributed by atoms with Crippen LogP contribution >= 0.6 is 0 Å². The first kappa shape index (κ1) is 11.3. The summed E-state index contributed by atoms with van der Waals surface area (Å²) in [5, 5.41) is 5.84. The Bertz CT molecular complexity index is 344. The molecule has 1 aromatic carbocycles. The van der Waals surface area contributed by atoms with Gasteiger partial charge in [-0.1, -0.05) is 18.2 Å². The summed E-state index contributed by atoms with van der Waals surface area (Å²) in [5.41, 5.74) is 1.67. The third-order valence-electron chi connectivity index (χ3n) is 1.84. The Morgan fingerprint density at radius 3 is 2.60 bits per heavy atom. The van der Waals surface area contributed by atoms with Crippen molar-refractivity contribution in [1.29, 1.82) is 0 Å². The second-order valence-corrected chi connectivity index (χ2v) is 3.21. The Morgan fingerprint density at radius 1 is 1.33 bits per heavy atom. The molecular formula is C12H16N2O. The van der Waals surface area contributed by atoms with Gasteiger partial charge in [-0.05, 0) is 26.0 Å². The van der Waals surface area contributed by atoms with Gasteiger partial charge in [0.25, 0.3) is 0 Å². The minimum absolute atomic E-state index is 0.111. The molecule has 3 nitrogen and oxygen atoms in total. The Labute approximate surface area is 90.2 Å². The first-order chi connectivity index (χ1) is 7.22. The Kier molecular flexibility index (Phi) is 4.41. The Balaban J connectivity index is 2.53. The fraction of sp³-hybridized carbons (Fsp3) is 0.250. The van der Waals surface area contributed by atoms with E-state index in [1.165, 1.54) is 0 Å². The summed E-state index contributed by atoms with van der Waals surface area (Å²) in [6.45, 7) is 4.68. The Hall–Kier alpha value is -1.77. The molecule has 0 aliphatic heterocycles. The predicted octanol–water partition coefficient (Wildman–Crippen LogP) is 2.14. The molecule has 2 N–H and O–H groups in total. The average Bonchev–Trinajstić information content (AvgIpc) is 2.19. The van der Waals surface area contributed by atoms with E-state index in [1.807, 2.05) is 44.2 Å². The number of benzene rings is 1. The van der Waals surface area contributed by atoms with Crippen molar-refractivity contribution in [1.82, 2.24) is 5.32 Å². The highest BCUT2D eigenvalue weighted by atomic mass is 16.1. The van der Waals surface area contributed by atoms with E-state index in [2.05, 4.69) is 10.6 Å². The summed E-state index contributed by atoms with van der Waals surface area (Å²) >= 11 is 0. The van der Waals surface area contributed by atoms with Crippen LogP contribution in [-0.2, 0) is 4.79 Å². The maximum atomic E-state index is 11.5. The van der Waals surface area contributed by atoms with E-state index in [-0.39, 0.29) is 5.91 Å². The molecule has 0 aliphatic rings. The van der Waals surface area contributed by atoms with Crippen molar-refractivity contribution in [3.8, 4) is 0 Å². The highest BCUT2D eigenvalue weighted by Gasteiger charge is 1.97. The van der Waals surface area contributed by atoms with Crippen LogP contribution < -0.4 is 10.6 Å². The zero-order valence-electron chi connectivity index (χ0n) is 9.08. The van der Waals surface area contributed by atoms with E-state index in [1.54, 1.807) is 6.08 Å². The quantitative estimate of drug-likeness (QED) is 0.738. The van der Waals surface area contributed by atoms with Gasteiger partial charge in [0.15, 0.2) is 0 Å². The standard InChI is InChI=1S/C12H16N2O/c1-3-13-10(2)9-12(15)14-11-7-5-4-6-8-11/h4-9,13H,3H2,1-2H3,(H,14,15)/b10-9+. The maximum Gasteiger partial charge on any atom is 0.250 e. The van der Waals surface area contributed by atoms with Crippen LogP contribution in [0.4, 0.5) is 5.69 Å². The number of rotatable bonds is 4. The molecule has 0 heterocycles. The van der Waals surface area contributed by atoms with Gasteiger partial charge in [-0.15, -0.1) is 0 Å². The highest BCUT2D eigenvalue weighted by molar-refractivity contribution is 5.99. The first-order valence-electron chi connectivity index (χ1n) is 5.00. The third kappa shape index (κ3) is 4.31. The van der Waals surface area contributed by atoms with Crippen molar-refractivity contribution >= 4 is 11.6 Å². The van der Waals surface area contributed by atoms with Crippen LogP contribution in [0.2, 0.25) is 0 Å². The molecular weight excluding hydrogens is 188 g/mol. The van der Waals surface area contributed by atoms with E-state index in [9.17, 15) is 4.79 Å². The maximum absolute atomic E-state index is 11.5. The number of amides is 1. The predicted molar refractivity (Wildman–Crippen MR) is 62.5 cm³/mol. The molecule has 0 saturated heterocycles. The lowest BCUT2D eigenvalue weighted by Gasteiger charge is -2.04. The molecule has 0 aliphatic carbocycles. The summed E-state index contributed by atoms with van der Waals surface area (Å²) in [5.74, 6) is -0.111. The van der Waals surface area contributed by atoms with Crippen LogP contribution in [0.1, 0.15) is 13.8 Å². The molecule has 1 amide bonds. The SMILES string of the molecule is CCN/C(C)=C/C(=O)Nc1ccccc1. The third-order valence-corrected chi connectivity index (χ3v) is 1.84. The lowest BCUT2D eigenvalue weighted by atomic mass is 10.3. The lowest BCUT2D eigenvalue weighted by Crippen LogP contribution is -2.14. The minimum Gasteiger partial charge on any atom is -0.389 e. The van der Waals surface area contributed by atoms with Crippen LogP contribution in [0.25, 0.3) is 0 Å². The number of hydrogen-bond donors (Lipinski definition) is 2. The van der Waals surface area contributed by atoms with Crippen LogP contribution in [0.3, 0.4) is 0 Å². The molecule has 0 fully saturated rings. The molecule has 0 radical (unpaired) electrons. The number of nitrogens with one attached hydrogen (secondary N) is 2. The molecule has 3 heteroatoms. The first-order valence-corrected chi connectivity index (χ1v) is 5.00. The zero-order chi connectivity index (χ0) is 11.1. The molecule has 0 aromatic heterocycles. The summed E-state index contributed by atoms with van der Waals surface area (Å²) in [7, 11) is 0. The van der Waals surface area contributed by atoms with E-state index in [4.69, 9.17) is 0 Å². The molecule has 0 unspecified atom stereocenters. The van der Waals surface area contributed by atoms with Crippen molar-refractivity contribution in [3.63, 3.8) is 0 Å². The zero-order valence-corrected chi connectivity index (χ0v) is 9.08. The smallest absolute Gasteiger partial charge is 0.250 e. The molecule has 1 aromatic rings. The number of carbonyl (C=O) groups excluding carboxylic acids is 1. The molecule has 0 saturated carbocycles. The lowest BCUT2D eigenvalue weighted by molar-refractivity contribution is -0.112. The number of hydrogen-bond acceptors (Lipinski definition) is 2. The second kappa shape index (κ2) is 5.86. The topological polar surface area (TPSA) is 41.1 Å². The largest absolute Gasteiger partial charge is 0.389 e. The van der Waals surface area contributed by atoms with Crippen molar-refractivity contribution in [3.05, 3.63) is 42.1 Å². The van der Waals surface area contributed by atoms with E-state index >= 15 is 0 Å². The molecule has 0 spiro atoms. The van der Waals surface area contributed by atoms with E-state index in [0.29, 0.717) is 0 Å². The molecule has 0 atom stereocenters. The molecule has 0 bridgehead atoms. The van der Waals surface area contributed by atoms with Crippen LogP contribution in [0.5, 0.6) is 0 Å². The van der Waals surface area contributed by atoms with E-state index in [0.717, 1.165) is 17.9 Å². The van der Waals surface area contributed by atoms with Gasteiger partial charge in [0.1, 0.15) is 0 Å². The Morgan fingerprint density at radius 2 is 2.00 bits per heavy atom. The number of para-hydroxylation sites is 1. The van der Waals surface area contributed by atoms with Crippen molar-refractivity contribution in [2.45, 2.75) is 13.8 Å². The normalized spacial score (nSPS) is 10.9. The molecule has 1 rings (SSSR count). The summed E-state index contributed by atoms with van der Waals surface area (Å²) in [6, 6.07) is 9.39. The van der Waals surface area contributed by atoms with Gasteiger partial charge in [-0.3, -0.25) is 4.79 Å². The van der Waals surface area contributed by atoms with Gasteiger partial charge < -0.3 is 10.6 Å². The van der Waals surface area contributed by atoms with Gasteiger partial charge in [-0.2, -0.15) is 0 Å². The summed E-state index contributed by atoms with van der Waals surface area (Å²) < 4.78 is 0. The highest BCUT2D eigenvalue weighted by Crippen LogP contribution is 2.04. The molecule has 80 valence electrons. The number of carbonyl (C=O) groups is 1. The summed E-state index contributed by atoms with van der Waals surface area (Å²) in [4.78, 5) is 11.5. The van der Waals surface area contributed by atoms with Crippen molar-refractivity contribution in [2.75, 3.05) is 11.9 Å². The minimum atomic E-state index is -0.111. The summed E-state index contributed by atoms with van der Waals surface area (Å²) in [6.07, 6.45) is 1.55. The van der Waals surface area contributed by atoms with Crippen LogP contribution in [-0.4, -0.2) is 12.5 Å². The average molecular weight is 204 g/mol. The number of allylic oxidation sites excluding steroid dienone is 1. The van der Waals surface area contributed by atoms with Crippen LogP contribution in [0.15, 0.2) is 42.1 Å². The monoisotopic (exact) mass is 204 g/mol. The second-order valence-electron chi connectivity index (χ2n) is 3.21.